The van der Waals surface area contributed by atoms with Gasteiger partial charge in [-0.3, -0.25) is 4.79 Å². The lowest BCUT2D eigenvalue weighted by atomic mass is 10.0. The van der Waals surface area contributed by atoms with E-state index in [1.54, 1.807) is 0 Å². The molecule has 0 aromatic heterocycles. The maximum absolute atomic E-state index is 12.4. The molecule has 1 saturated carbocycles. The molecule has 0 heterocycles. The molecule has 0 aliphatic heterocycles. The minimum Gasteiger partial charge on any atom is -0.445 e. The maximum Gasteiger partial charge on any atom is 0.408 e. The van der Waals surface area contributed by atoms with E-state index in [9.17, 15) is 14.7 Å². The Morgan fingerprint density at radius 2 is 1.92 bits per heavy atom. The summed E-state index contributed by atoms with van der Waals surface area (Å²) in [7, 11) is 0. The van der Waals surface area contributed by atoms with E-state index in [0.717, 1.165) is 12.0 Å². The van der Waals surface area contributed by atoms with Gasteiger partial charge in [0.05, 0.1) is 5.54 Å². The zero-order valence-electron chi connectivity index (χ0n) is 16.0. The Bertz CT molecular complexity index is 619. The van der Waals surface area contributed by atoms with E-state index in [4.69, 9.17) is 4.74 Å². The Labute approximate surface area is 155 Å². The SMILES string of the molecule is CCC1CC1(NC(=O)OCc1ccccc1)C(O)C(=O)N[C@@H](C)C(C)C. The van der Waals surface area contributed by atoms with E-state index in [1.807, 2.05) is 58.0 Å². The molecule has 6 nitrogen and oxygen atoms in total. The number of amides is 2. The lowest BCUT2D eigenvalue weighted by Crippen LogP contribution is -2.55. The number of nitrogens with one attached hydrogen (secondary N) is 2. The van der Waals surface area contributed by atoms with E-state index in [-0.39, 0.29) is 24.5 Å². The molecule has 3 N–H and O–H groups in total. The smallest absolute Gasteiger partial charge is 0.408 e. The summed E-state index contributed by atoms with van der Waals surface area (Å²) in [6, 6.07) is 9.31. The summed E-state index contributed by atoms with van der Waals surface area (Å²) in [5.41, 5.74) is -0.0628. The van der Waals surface area contributed by atoms with Gasteiger partial charge < -0.3 is 20.5 Å². The van der Waals surface area contributed by atoms with Crippen LogP contribution in [0, 0.1) is 11.8 Å². The third-order valence-corrected chi connectivity index (χ3v) is 5.30. The topological polar surface area (TPSA) is 87.7 Å². The number of aliphatic hydroxyl groups is 1. The Morgan fingerprint density at radius 3 is 2.46 bits per heavy atom. The van der Waals surface area contributed by atoms with Crippen molar-refractivity contribution in [2.45, 2.75) is 64.8 Å². The van der Waals surface area contributed by atoms with E-state index in [1.165, 1.54) is 0 Å². The largest absolute Gasteiger partial charge is 0.445 e. The summed E-state index contributed by atoms with van der Waals surface area (Å²) < 4.78 is 5.25. The van der Waals surface area contributed by atoms with Gasteiger partial charge in [-0.15, -0.1) is 0 Å². The van der Waals surface area contributed by atoms with Crippen molar-refractivity contribution in [3.8, 4) is 0 Å². The molecule has 1 aromatic carbocycles. The molecular formula is C20H30N2O4. The van der Waals surface area contributed by atoms with Crippen molar-refractivity contribution in [3.05, 3.63) is 35.9 Å². The molecule has 0 saturated heterocycles. The number of ether oxygens (including phenoxy) is 1. The second-order valence-electron chi connectivity index (χ2n) is 7.48. The summed E-state index contributed by atoms with van der Waals surface area (Å²) in [5, 5.41) is 16.2. The van der Waals surface area contributed by atoms with Gasteiger partial charge in [-0.1, -0.05) is 57.5 Å². The van der Waals surface area contributed by atoms with Gasteiger partial charge in [0.2, 0.25) is 0 Å². The summed E-state index contributed by atoms with van der Waals surface area (Å²) >= 11 is 0. The van der Waals surface area contributed by atoms with Crippen LogP contribution < -0.4 is 10.6 Å². The van der Waals surface area contributed by atoms with Crippen LogP contribution in [0.25, 0.3) is 0 Å². The standard InChI is InChI=1S/C20H30N2O4/c1-5-16-11-20(16,17(23)18(24)21-14(4)13(2)3)22-19(25)26-12-15-9-7-6-8-10-15/h6-10,13-14,16-17,23H,5,11-12H2,1-4H3,(H,21,24)(H,22,25)/t14-,16?,17?,20?/m0/s1. The van der Waals surface area contributed by atoms with Crippen molar-refractivity contribution >= 4 is 12.0 Å². The lowest BCUT2D eigenvalue weighted by Gasteiger charge is -2.26. The van der Waals surface area contributed by atoms with Crippen LogP contribution in [-0.4, -0.2) is 34.8 Å². The van der Waals surface area contributed by atoms with Crippen LogP contribution >= 0.6 is 0 Å². The highest BCUT2D eigenvalue weighted by Crippen LogP contribution is 2.48. The second kappa shape index (κ2) is 8.54. The van der Waals surface area contributed by atoms with Crippen LogP contribution in [0.4, 0.5) is 4.79 Å². The quantitative estimate of drug-likeness (QED) is 0.663. The fourth-order valence-electron chi connectivity index (χ4n) is 3.07. The van der Waals surface area contributed by atoms with Crippen molar-refractivity contribution in [1.29, 1.82) is 0 Å². The van der Waals surface area contributed by atoms with Gasteiger partial charge in [-0.25, -0.2) is 4.79 Å². The summed E-state index contributed by atoms with van der Waals surface area (Å²) in [6.45, 7) is 8.02. The molecule has 1 aliphatic rings. The van der Waals surface area contributed by atoms with E-state index in [0.29, 0.717) is 6.42 Å². The first-order chi connectivity index (χ1) is 12.3. The van der Waals surface area contributed by atoms with Crippen molar-refractivity contribution in [2.24, 2.45) is 11.8 Å². The first kappa shape index (κ1) is 20.2. The fraction of sp³-hybridized carbons (Fsp3) is 0.600. The number of hydrogen-bond donors (Lipinski definition) is 3. The molecule has 2 rings (SSSR count). The first-order valence-electron chi connectivity index (χ1n) is 9.27. The normalized spacial score (nSPS) is 23.8. The molecule has 1 aromatic rings. The van der Waals surface area contributed by atoms with Crippen LogP contribution in [0.1, 0.15) is 46.1 Å². The number of hydrogen-bond acceptors (Lipinski definition) is 4. The highest BCUT2D eigenvalue weighted by atomic mass is 16.5. The molecule has 6 heteroatoms. The molecule has 26 heavy (non-hydrogen) atoms. The third kappa shape index (κ3) is 4.75. The molecule has 144 valence electrons. The number of aliphatic hydroxyl groups excluding tert-OH is 1. The summed E-state index contributed by atoms with van der Waals surface area (Å²) in [5.74, 6) is -0.139. The number of carbonyl (C=O) groups is 2. The molecule has 1 aliphatic carbocycles. The Morgan fingerprint density at radius 1 is 1.27 bits per heavy atom. The maximum atomic E-state index is 12.4. The van der Waals surface area contributed by atoms with Crippen LogP contribution in [0.3, 0.4) is 0 Å². The van der Waals surface area contributed by atoms with E-state index in [2.05, 4.69) is 10.6 Å². The Kier molecular flexibility index (Phi) is 6.64. The number of alkyl carbamates (subject to hydrolysis) is 1. The van der Waals surface area contributed by atoms with Gasteiger partial charge in [0.25, 0.3) is 5.91 Å². The predicted molar refractivity (Wildman–Crippen MR) is 99.3 cm³/mol. The Hall–Kier alpha value is -2.08. The van der Waals surface area contributed by atoms with Gasteiger partial charge in [-0.2, -0.15) is 0 Å². The minimum absolute atomic E-state index is 0.0573. The molecular weight excluding hydrogens is 332 g/mol. The molecule has 3 unspecified atom stereocenters. The van der Waals surface area contributed by atoms with Gasteiger partial charge >= 0.3 is 6.09 Å². The zero-order valence-corrected chi connectivity index (χ0v) is 16.0. The molecule has 0 radical (unpaired) electrons. The summed E-state index contributed by atoms with van der Waals surface area (Å²) in [6.07, 6.45) is -0.580. The van der Waals surface area contributed by atoms with E-state index < -0.39 is 23.6 Å². The second-order valence-corrected chi connectivity index (χ2v) is 7.48. The number of benzene rings is 1. The van der Waals surface area contributed by atoms with Crippen LogP contribution in [-0.2, 0) is 16.1 Å². The molecule has 0 bridgehead atoms. The van der Waals surface area contributed by atoms with Gasteiger partial charge in [0.1, 0.15) is 6.61 Å². The van der Waals surface area contributed by atoms with Crippen molar-refractivity contribution in [2.75, 3.05) is 0 Å². The molecule has 2 amide bonds. The van der Waals surface area contributed by atoms with E-state index >= 15 is 0 Å². The van der Waals surface area contributed by atoms with Crippen molar-refractivity contribution in [3.63, 3.8) is 0 Å². The van der Waals surface area contributed by atoms with Crippen LogP contribution in [0.2, 0.25) is 0 Å². The zero-order chi connectivity index (χ0) is 19.3. The highest BCUT2D eigenvalue weighted by molar-refractivity contribution is 5.84. The molecule has 4 atom stereocenters. The third-order valence-electron chi connectivity index (χ3n) is 5.30. The monoisotopic (exact) mass is 362 g/mol. The Balaban J connectivity index is 1.96. The first-order valence-corrected chi connectivity index (χ1v) is 9.27. The summed E-state index contributed by atoms with van der Waals surface area (Å²) in [4.78, 5) is 24.6. The average molecular weight is 362 g/mol. The minimum atomic E-state index is -1.29. The van der Waals surface area contributed by atoms with Gasteiger partial charge in [-0.05, 0) is 30.7 Å². The highest BCUT2D eigenvalue weighted by Gasteiger charge is 2.61. The van der Waals surface area contributed by atoms with Crippen molar-refractivity contribution < 1.29 is 19.4 Å². The number of rotatable bonds is 8. The van der Waals surface area contributed by atoms with Gasteiger partial charge in [0.15, 0.2) is 6.10 Å². The molecule has 0 spiro atoms. The van der Waals surface area contributed by atoms with Gasteiger partial charge in [0, 0.05) is 6.04 Å². The van der Waals surface area contributed by atoms with Crippen LogP contribution in [0.15, 0.2) is 30.3 Å². The number of carbonyl (C=O) groups excluding carboxylic acids is 2. The fourth-order valence-corrected chi connectivity index (χ4v) is 3.07. The molecule has 1 fully saturated rings. The lowest BCUT2D eigenvalue weighted by molar-refractivity contribution is -0.132. The predicted octanol–water partition coefficient (Wildman–Crippen LogP) is 2.60. The average Bonchev–Trinajstić information content (AvgIpc) is 3.34. The van der Waals surface area contributed by atoms with Crippen molar-refractivity contribution in [1.82, 2.24) is 10.6 Å². The van der Waals surface area contributed by atoms with Crippen LogP contribution in [0.5, 0.6) is 0 Å².